The molecule has 2 aromatic rings. The van der Waals surface area contributed by atoms with Crippen LogP contribution in [-0.4, -0.2) is 31.7 Å². The number of carbonyl (C=O) groups is 1. The molecule has 1 aromatic carbocycles. The molecule has 0 fully saturated rings. The Morgan fingerprint density at radius 1 is 1.38 bits per heavy atom. The van der Waals surface area contributed by atoms with E-state index in [0.717, 1.165) is 11.3 Å². The number of aryl methyl sites for hydroxylation is 1. The summed E-state index contributed by atoms with van der Waals surface area (Å²) >= 11 is 0. The summed E-state index contributed by atoms with van der Waals surface area (Å²) in [4.78, 5) is 12.3. The first kappa shape index (κ1) is 15.1. The van der Waals surface area contributed by atoms with Crippen molar-refractivity contribution < 1.29 is 4.79 Å². The van der Waals surface area contributed by atoms with Gasteiger partial charge in [-0.05, 0) is 47.9 Å². The van der Waals surface area contributed by atoms with E-state index in [2.05, 4.69) is 20.8 Å². The smallest absolute Gasteiger partial charge is 0.244 e. The van der Waals surface area contributed by atoms with Gasteiger partial charge < -0.3 is 11.1 Å². The van der Waals surface area contributed by atoms with Crippen LogP contribution in [0, 0.1) is 6.92 Å². The molecule has 1 aromatic heterocycles. The molecule has 0 atom stereocenters. The number of amides is 1. The van der Waals surface area contributed by atoms with E-state index in [1.54, 1.807) is 4.68 Å². The van der Waals surface area contributed by atoms with Gasteiger partial charge >= 0.3 is 0 Å². The largest absolute Gasteiger partial charge is 0.324 e. The van der Waals surface area contributed by atoms with Gasteiger partial charge in [0.1, 0.15) is 6.33 Å². The summed E-state index contributed by atoms with van der Waals surface area (Å²) in [5.41, 5.74) is 7.75. The standard InChI is InChI=1S/C14H20N6O/c1-4-14(15,5-2)13(21)17-11-7-6-10(3)12(8-11)20-9-16-18-19-20/h6-9H,4-5,15H2,1-3H3,(H,17,21). The number of aromatic nitrogens is 4. The summed E-state index contributed by atoms with van der Waals surface area (Å²) in [7, 11) is 0. The van der Waals surface area contributed by atoms with Crippen molar-refractivity contribution in [3.05, 3.63) is 30.1 Å². The molecule has 112 valence electrons. The average Bonchev–Trinajstić information content (AvgIpc) is 3.02. The molecular weight excluding hydrogens is 268 g/mol. The molecule has 7 heteroatoms. The van der Waals surface area contributed by atoms with Gasteiger partial charge in [-0.25, -0.2) is 4.68 Å². The highest BCUT2D eigenvalue weighted by Crippen LogP contribution is 2.20. The zero-order valence-electron chi connectivity index (χ0n) is 12.5. The van der Waals surface area contributed by atoms with Gasteiger partial charge in [0.05, 0.1) is 11.2 Å². The maximum absolute atomic E-state index is 12.3. The van der Waals surface area contributed by atoms with Gasteiger partial charge in [-0.15, -0.1) is 5.10 Å². The molecule has 0 spiro atoms. The van der Waals surface area contributed by atoms with E-state index in [-0.39, 0.29) is 5.91 Å². The second-order valence-electron chi connectivity index (χ2n) is 5.07. The lowest BCUT2D eigenvalue weighted by molar-refractivity contribution is -0.121. The van der Waals surface area contributed by atoms with Gasteiger partial charge in [0, 0.05) is 5.69 Å². The Bertz CT molecular complexity index is 618. The first-order chi connectivity index (χ1) is 10.00. The molecule has 2 rings (SSSR count). The highest BCUT2D eigenvalue weighted by atomic mass is 16.2. The molecule has 7 nitrogen and oxygen atoms in total. The van der Waals surface area contributed by atoms with Crippen LogP contribution in [0.5, 0.6) is 0 Å². The monoisotopic (exact) mass is 288 g/mol. The third-order valence-electron chi connectivity index (χ3n) is 3.78. The van der Waals surface area contributed by atoms with Crippen molar-refractivity contribution in [1.82, 2.24) is 20.2 Å². The SMILES string of the molecule is CCC(N)(CC)C(=O)Nc1ccc(C)c(-n2cnnn2)c1. The fourth-order valence-corrected chi connectivity index (χ4v) is 2.03. The molecule has 0 aliphatic rings. The molecule has 0 aliphatic heterocycles. The lowest BCUT2D eigenvalue weighted by atomic mass is 9.93. The summed E-state index contributed by atoms with van der Waals surface area (Å²) in [6.45, 7) is 5.77. The van der Waals surface area contributed by atoms with E-state index in [9.17, 15) is 4.79 Å². The van der Waals surface area contributed by atoms with Gasteiger partial charge in [0.15, 0.2) is 0 Å². The predicted molar refractivity (Wildman–Crippen MR) is 80.0 cm³/mol. The third-order valence-corrected chi connectivity index (χ3v) is 3.78. The highest BCUT2D eigenvalue weighted by Gasteiger charge is 2.29. The molecule has 3 N–H and O–H groups in total. The van der Waals surface area contributed by atoms with E-state index in [1.165, 1.54) is 6.33 Å². The first-order valence-corrected chi connectivity index (χ1v) is 6.94. The number of anilines is 1. The molecule has 0 radical (unpaired) electrons. The molecule has 0 saturated carbocycles. The number of nitrogens with zero attached hydrogens (tertiary/aromatic N) is 4. The van der Waals surface area contributed by atoms with Crippen LogP contribution in [0.3, 0.4) is 0 Å². The lowest BCUT2D eigenvalue weighted by Gasteiger charge is -2.25. The lowest BCUT2D eigenvalue weighted by Crippen LogP contribution is -2.50. The fraction of sp³-hybridized carbons (Fsp3) is 0.429. The van der Waals surface area contributed by atoms with Crippen molar-refractivity contribution in [2.75, 3.05) is 5.32 Å². The Morgan fingerprint density at radius 2 is 2.10 bits per heavy atom. The highest BCUT2D eigenvalue weighted by molar-refractivity contribution is 5.98. The van der Waals surface area contributed by atoms with E-state index < -0.39 is 5.54 Å². The van der Waals surface area contributed by atoms with Crippen molar-refractivity contribution in [3.8, 4) is 5.69 Å². The maximum atomic E-state index is 12.3. The third kappa shape index (κ3) is 3.08. The zero-order chi connectivity index (χ0) is 15.5. The van der Waals surface area contributed by atoms with Crippen LogP contribution < -0.4 is 11.1 Å². The number of hydrogen-bond acceptors (Lipinski definition) is 5. The number of rotatable bonds is 5. The Balaban J connectivity index is 2.26. The van der Waals surface area contributed by atoms with Crippen molar-refractivity contribution in [2.45, 2.75) is 39.2 Å². The Morgan fingerprint density at radius 3 is 2.67 bits per heavy atom. The second-order valence-corrected chi connectivity index (χ2v) is 5.07. The van der Waals surface area contributed by atoms with Crippen molar-refractivity contribution in [3.63, 3.8) is 0 Å². The van der Waals surface area contributed by atoms with Crippen LogP contribution in [-0.2, 0) is 4.79 Å². The summed E-state index contributed by atoms with van der Waals surface area (Å²) in [6.07, 6.45) is 2.68. The maximum Gasteiger partial charge on any atom is 0.244 e. The molecule has 0 unspecified atom stereocenters. The van der Waals surface area contributed by atoms with Gasteiger partial charge in [0.2, 0.25) is 5.91 Å². The molecule has 1 heterocycles. The average molecular weight is 288 g/mol. The van der Waals surface area contributed by atoms with Crippen LogP contribution in [0.1, 0.15) is 32.3 Å². The molecule has 0 saturated heterocycles. The summed E-state index contributed by atoms with van der Waals surface area (Å²) in [5, 5.41) is 14.0. The van der Waals surface area contributed by atoms with Gasteiger partial charge in [-0.3, -0.25) is 4.79 Å². The van der Waals surface area contributed by atoms with Crippen LogP contribution in [0.4, 0.5) is 5.69 Å². The number of hydrogen-bond donors (Lipinski definition) is 2. The van der Waals surface area contributed by atoms with Gasteiger partial charge in [-0.2, -0.15) is 0 Å². The normalized spacial score (nSPS) is 11.4. The molecule has 1 amide bonds. The fourth-order valence-electron chi connectivity index (χ4n) is 2.03. The number of carbonyl (C=O) groups excluding carboxylic acids is 1. The quantitative estimate of drug-likeness (QED) is 0.867. The van der Waals surface area contributed by atoms with Crippen LogP contribution in [0.15, 0.2) is 24.5 Å². The van der Waals surface area contributed by atoms with Gasteiger partial charge in [0.25, 0.3) is 0 Å². The van der Waals surface area contributed by atoms with E-state index in [1.807, 2.05) is 39.0 Å². The predicted octanol–water partition coefficient (Wildman–Crippen LogP) is 1.43. The number of nitrogens with one attached hydrogen (secondary N) is 1. The Hall–Kier alpha value is -2.28. The van der Waals surface area contributed by atoms with Crippen molar-refractivity contribution in [1.29, 1.82) is 0 Å². The molecule has 0 aliphatic carbocycles. The zero-order valence-corrected chi connectivity index (χ0v) is 12.5. The van der Waals surface area contributed by atoms with E-state index in [0.29, 0.717) is 18.5 Å². The van der Waals surface area contributed by atoms with Crippen LogP contribution in [0.2, 0.25) is 0 Å². The minimum atomic E-state index is -0.847. The first-order valence-electron chi connectivity index (χ1n) is 6.94. The Kier molecular flexibility index (Phi) is 4.32. The number of nitrogens with two attached hydrogens (primary N) is 1. The minimum absolute atomic E-state index is 0.181. The molecular formula is C14H20N6O. The Labute approximate surface area is 123 Å². The summed E-state index contributed by atoms with van der Waals surface area (Å²) < 4.78 is 1.56. The van der Waals surface area contributed by atoms with Crippen LogP contribution in [0.25, 0.3) is 5.69 Å². The molecule has 0 bridgehead atoms. The van der Waals surface area contributed by atoms with Crippen LogP contribution >= 0.6 is 0 Å². The molecule has 21 heavy (non-hydrogen) atoms. The van der Waals surface area contributed by atoms with Crippen molar-refractivity contribution in [2.24, 2.45) is 5.73 Å². The number of benzene rings is 1. The number of tetrazole rings is 1. The van der Waals surface area contributed by atoms with E-state index >= 15 is 0 Å². The summed E-state index contributed by atoms with van der Waals surface area (Å²) in [6, 6.07) is 5.57. The van der Waals surface area contributed by atoms with Gasteiger partial charge in [-0.1, -0.05) is 19.9 Å². The topological polar surface area (TPSA) is 98.7 Å². The van der Waals surface area contributed by atoms with E-state index in [4.69, 9.17) is 5.73 Å². The van der Waals surface area contributed by atoms with Crippen molar-refractivity contribution >= 4 is 11.6 Å². The summed E-state index contributed by atoms with van der Waals surface area (Å²) in [5.74, 6) is -0.181. The minimum Gasteiger partial charge on any atom is -0.324 e. The second kappa shape index (κ2) is 6.01.